The first-order valence-corrected chi connectivity index (χ1v) is 7.58. The fourth-order valence-corrected chi connectivity index (χ4v) is 2.57. The van der Waals surface area contributed by atoms with E-state index in [-0.39, 0.29) is 24.8 Å². The highest BCUT2D eigenvalue weighted by Crippen LogP contribution is 2.27. The summed E-state index contributed by atoms with van der Waals surface area (Å²) in [6.07, 6.45) is 4.79. The third kappa shape index (κ3) is 6.13. The van der Waals surface area contributed by atoms with Crippen LogP contribution in [0.5, 0.6) is 0 Å². The monoisotopic (exact) mass is 295 g/mol. The van der Waals surface area contributed by atoms with Gasteiger partial charge in [-0.15, -0.1) is 0 Å². The zero-order chi connectivity index (χ0) is 15.7. The number of nitriles is 1. The standard InChI is InChI=1S/C15H25N3O3/c1-3-21-14(20)7-10-18(2)11-13(19)17-15(12-16)8-5-4-6-9-15/h3-11H2,1-2H3,(H,17,19). The van der Waals surface area contributed by atoms with Crippen LogP contribution < -0.4 is 5.32 Å². The molecule has 0 radical (unpaired) electrons. The largest absolute Gasteiger partial charge is 0.466 e. The minimum Gasteiger partial charge on any atom is -0.466 e. The number of nitrogens with one attached hydrogen (secondary N) is 1. The number of amides is 1. The fourth-order valence-electron chi connectivity index (χ4n) is 2.57. The van der Waals surface area contributed by atoms with Gasteiger partial charge in [-0.2, -0.15) is 5.26 Å². The van der Waals surface area contributed by atoms with E-state index in [0.717, 1.165) is 32.1 Å². The number of likely N-dealkylation sites (N-methyl/N-ethyl adjacent to an activating group) is 1. The Bertz CT molecular complexity index is 397. The number of hydrogen-bond donors (Lipinski definition) is 1. The number of carbonyl (C=O) groups is 2. The molecule has 1 rings (SSSR count). The molecule has 1 aliphatic carbocycles. The minimum atomic E-state index is -0.697. The molecule has 1 aliphatic rings. The smallest absolute Gasteiger partial charge is 0.307 e. The summed E-state index contributed by atoms with van der Waals surface area (Å²) in [5.74, 6) is -0.421. The van der Waals surface area contributed by atoms with Gasteiger partial charge in [0, 0.05) is 6.54 Å². The summed E-state index contributed by atoms with van der Waals surface area (Å²) in [5.41, 5.74) is -0.697. The minimum absolute atomic E-state index is 0.162. The Labute approximate surface area is 126 Å². The Balaban J connectivity index is 2.35. The van der Waals surface area contributed by atoms with Crippen LogP contribution in [0.15, 0.2) is 0 Å². The molecule has 21 heavy (non-hydrogen) atoms. The van der Waals surface area contributed by atoms with Crippen LogP contribution in [-0.2, 0) is 14.3 Å². The molecule has 6 heteroatoms. The molecule has 0 heterocycles. The molecule has 1 saturated carbocycles. The number of carbonyl (C=O) groups excluding carboxylic acids is 2. The molecule has 1 N–H and O–H groups in total. The third-order valence-corrected chi connectivity index (χ3v) is 3.72. The topological polar surface area (TPSA) is 82.4 Å². The zero-order valence-corrected chi connectivity index (χ0v) is 13.0. The summed E-state index contributed by atoms with van der Waals surface area (Å²) in [7, 11) is 1.78. The highest BCUT2D eigenvalue weighted by molar-refractivity contribution is 5.79. The summed E-state index contributed by atoms with van der Waals surface area (Å²) in [4.78, 5) is 25.1. The molecule has 0 aliphatic heterocycles. The average molecular weight is 295 g/mol. The van der Waals surface area contributed by atoms with Crippen molar-refractivity contribution >= 4 is 11.9 Å². The third-order valence-electron chi connectivity index (χ3n) is 3.72. The molecule has 0 aromatic carbocycles. The van der Waals surface area contributed by atoms with Gasteiger partial charge >= 0.3 is 5.97 Å². The van der Waals surface area contributed by atoms with E-state index in [2.05, 4.69) is 11.4 Å². The van der Waals surface area contributed by atoms with Gasteiger partial charge in [-0.05, 0) is 26.8 Å². The molecular formula is C15H25N3O3. The normalized spacial score (nSPS) is 17.0. The summed E-state index contributed by atoms with van der Waals surface area (Å²) in [5, 5.41) is 12.2. The summed E-state index contributed by atoms with van der Waals surface area (Å²) in [6.45, 7) is 2.78. The van der Waals surface area contributed by atoms with Gasteiger partial charge in [-0.25, -0.2) is 0 Å². The average Bonchev–Trinajstić information content (AvgIpc) is 2.46. The fraction of sp³-hybridized carbons (Fsp3) is 0.800. The van der Waals surface area contributed by atoms with Crippen molar-refractivity contribution in [1.29, 1.82) is 5.26 Å². The van der Waals surface area contributed by atoms with Crippen LogP contribution >= 0.6 is 0 Å². The number of esters is 1. The van der Waals surface area contributed by atoms with Crippen LogP contribution in [0, 0.1) is 11.3 Å². The van der Waals surface area contributed by atoms with Crippen LogP contribution in [0.3, 0.4) is 0 Å². The van der Waals surface area contributed by atoms with Crippen LogP contribution in [0.2, 0.25) is 0 Å². The molecule has 0 aromatic heterocycles. The molecule has 1 fully saturated rings. The maximum atomic E-state index is 12.0. The first kappa shape index (κ1) is 17.4. The van der Waals surface area contributed by atoms with E-state index in [4.69, 9.17) is 4.74 Å². The number of nitrogens with zero attached hydrogens (tertiary/aromatic N) is 2. The second kappa shape index (κ2) is 8.63. The zero-order valence-electron chi connectivity index (χ0n) is 13.0. The Hall–Kier alpha value is -1.61. The van der Waals surface area contributed by atoms with Crippen molar-refractivity contribution in [1.82, 2.24) is 10.2 Å². The van der Waals surface area contributed by atoms with Gasteiger partial charge in [0.15, 0.2) is 0 Å². The first-order chi connectivity index (χ1) is 10.0. The Morgan fingerprint density at radius 3 is 2.57 bits per heavy atom. The van der Waals surface area contributed by atoms with E-state index >= 15 is 0 Å². The predicted molar refractivity (Wildman–Crippen MR) is 78.3 cm³/mol. The Morgan fingerprint density at radius 2 is 2.00 bits per heavy atom. The van der Waals surface area contributed by atoms with Crippen molar-refractivity contribution in [3.05, 3.63) is 0 Å². The highest BCUT2D eigenvalue weighted by atomic mass is 16.5. The van der Waals surface area contributed by atoms with E-state index in [1.807, 2.05) is 0 Å². The van der Waals surface area contributed by atoms with Crippen LogP contribution in [0.25, 0.3) is 0 Å². The van der Waals surface area contributed by atoms with Crippen molar-refractivity contribution in [2.75, 3.05) is 26.7 Å². The van der Waals surface area contributed by atoms with Crippen molar-refractivity contribution in [3.8, 4) is 6.07 Å². The van der Waals surface area contributed by atoms with Crippen molar-refractivity contribution < 1.29 is 14.3 Å². The quantitative estimate of drug-likeness (QED) is 0.714. The van der Waals surface area contributed by atoms with Crippen LogP contribution in [0.4, 0.5) is 0 Å². The maximum absolute atomic E-state index is 12.0. The molecule has 118 valence electrons. The molecule has 0 saturated heterocycles. The molecule has 0 bridgehead atoms. The lowest BCUT2D eigenvalue weighted by Gasteiger charge is -2.32. The van der Waals surface area contributed by atoms with Crippen LogP contribution in [-0.4, -0.2) is 49.1 Å². The van der Waals surface area contributed by atoms with E-state index in [0.29, 0.717) is 13.2 Å². The number of rotatable bonds is 7. The van der Waals surface area contributed by atoms with Crippen molar-refractivity contribution in [2.45, 2.75) is 51.0 Å². The molecule has 6 nitrogen and oxygen atoms in total. The van der Waals surface area contributed by atoms with Gasteiger partial charge in [-0.1, -0.05) is 19.3 Å². The lowest BCUT2D eigenvalue weighted by molar-refractivity contribution is -0.143. The highest BCUT2D eigenvalue weighted by Gasteiger charge is 2.33. The predicted octanol–water partition coefficient (Wildman–Crippen LogP) is 1.21. The number of hydrogen-bond acceptors (Lipinski definition) is 5. The second-order valence-electron chi connectivity index (χ2n) is 5.60. The summed E-state index contributed by atoms with van der Waals surface area (Å²) >= 11 is 0. The van der Waals surface area contributed by atoms with Gasteiger partial charge in [0.2, 0.25) is 5.91 Å². The van der Waals surface area contributed by atoms with Gasteiger partial charge in [0.05, 0.1) is 25.6 Å². The first-order valence-electron chi connectivity index (χ1n) is 7.58. The Kier molecular flexibility index (Phi) is 7.17. The molecule has 0 spiro atoms. The van der Waals surface area contributed by atoms with E-state index < -0.39 is 5.54 Å². The Morgan fingerprint density at radius 1 is 1.33 bits per heavy atom. The van der Waals surface area contributed by atoms with E-state index in [1.165, 1.54) is 0 Å². The lowest BCUT2D eigenvalue weighted by atomic mass is 9.83. The van der Waals surface area contributed by atoms with E-state index in [9.17, 15) is 14.9 Å². The van der Waals surface area contributed by atoms with Gasteiger partial charge < -0.3 is 10.1 Å². The molecule has 0 unspecified atom stereocenters. The van der Waals surface area contributed by atoms with Gasteiger partial charge in [-0.3, -0.25) is 14.5 Å². The SMILES string of the molecule is CCOC(=O)CCN(C)CC(=O)NC1(C#N)CCCCC1. The van der Waals surface area contributed by atoms with Crippen molar-refractivity contribution in [3.63, 3.8) is 0 Å². The van der Waals surface area contributed by atoms with Gasteiger partial charge in [0.25, 0.3) is 0 Å². The summed E-state index contributed by atoms with van der Waals surface area (Å²) in [6, 6.07) is 2.26. The second-order valence-corrected chi connectivity index (χ2v) is 5.60. The molecular weight excluding hydrogens is 270 g/mol. The molecule has 0 atom stereocenters. The maximum Gasteiger partial charge on any atom is 0.307 e. The summed E-state index contributed by atoms with van der Waals surface area (Å²) < 4.78 is 4.84. The lowest BCUT2D eigenvalue weighted by Crippen LogP contribution is -2.51. The van der Waals surface area contributed by atoms with E-state index in [1.54, 1.807) is 18.9 Å². The van der Waals surface area contributed by atoms with Gasteiger partial charge in [0.1, 0.15) is 5.54 Å². The molecule has 0 aromatic rings. The molecule has 1 amide bonds. The van der Waals surface area contributed by atoms with Crippen LogP contribution in [0.1, 0.15) is 45.4 Å². The van der Waals surface area contributed by atoms with Crippen molar-refractivity contribution in [2.24, 2.45) is 0 Å². The number of ether oxygens (including phenoxy) is 1.